The molecule has 4 aromatic rings. The molecule has 6 N–H and O–H groups in total. The van der Waals surface area contributed by atoms with E-state index in [9.17, 15) is 0 Å². The molecule has 0 aliphatic carbocycles. The van der Waals surface area contributed by atoms with Gasteiger partial charge in [0.25, 0.3) is 0 Å². The first kappa shape index (κ1) is 19.3. The van der Waals surface area contributed by atoms with Crippen LogP contribution in [0.2, 0.25) is 0 Å². The quantitative estimate of drug-likeness (QED) is 0.172. The summed E-state index contributed by atoms with van der Waals surface area (Å²) in [5, 5.41) is 18.7. The molecule has 0 fully saturated rings. The van der Waals surface area contributed by atoms with E-state index in [1.54, 1.807) is 0 Å². The van der Waals surface area contributed by atoms with Crippen molar-refractivity contribution in [2.45, 2.75) is 0 Å². The molecule has 0 aliphatic rings. The third-order valence-corrected chi connectivity index (χ3v) is 4.95. The fraction of sp³-hybridized carbons (Fsp3) is 0.0455. The molecule has 0 saturated heterocycles. The average molecular weight is 390 g/mol. The number of benzene rings is 3. The molecule has 5 nitrogen and oxygen atoms in total. The van der Waals surface area contributed by atoms with Crippen LogP contribution in [0, 0.1) is 10.8 Å². The van der Waals surface area contributed by atoms with Crippen molar-refractivity contribution in [1.29, 1.82) is 10.8 Å². The number of amidine groups is 2. The van der Waals surface area contributed by atoms with Gasteiger partial charge in [0.2, 0.25) is 11.2 Å². The lowest BCUT2D eigenvalue weighted by Gasteiger charge is -2.11. The topological polar surface area (TPSA) is 104 Å². The summed E-state index contributed by atoms with van der Waals surface area (Å²) in [6, 6.07) is 21.8. The Kier molecular flexibility index (Phi) is 5.03. The van der Waals surface area contributed by atoms with Gasteiger partial charge in [0.05, 0.1) is 10.8 Å². The Bertz CT molecular complexity index is 1230. The second kappa shape index (κ2) is 7.29. The first-order chi connectivity index (χ1) is 13.0. The number of aromatic nitrogens is 1. The molecule has 28 heavy (non-hydrogen) atoms. The Balaban J connectivity index is 0.00000225. The lowest BCUT2D eigenvalue weighted by molar-refractivity contribution is -0.632. The molecule has 1 aromatic heterocycles. The maximum atomic E-state index is 7.81. The van der Waals surface area contributed by atoms with Crippen LogP contribution in [0.5, 0.6) is 0 Å². The largest absolute Gasteiger partial charge is 1.00 e. The van der Waals surface area contributed by atoms with Gasteiger partial charge in [0.1, 0.15) is 18.7 Å². The Labute approximate surface area is 169 Å². The zero-order chi connectivity index (χ0) is 19.1. The molecule has 1 heterocycles. The highest BCUT2D eigenvalue weighted by molar-refractivity contribution is 6.11. The number of pyridine rings is 1. The number of nitrogens with two attached hydrogens (primary N) is 2. The van der Waals surface area contributed by atoms with Crippen molar-refractivity contribution in [1.82, 2.24) is 0 Å². The van der Waals surface area contributed by atoms with Gasteiger partial charge in [-0.2, -0.15) is 4.57 Å². The van der Waals surface area contributed by atoms with Crippen molar-refractivity contribution in [3.05, 3.63) is 77.9 Å². The number of hydrogen-bond donors (Lipinski definition) is 4. The molecule has 4 rings (SSSR count). The summed E-state index contributed by atoms with van der Waals surface area (Å²) < 4.78 is 2.16. The molecule has 0 unspecified atom stereocenters. The van der Waals surface area contributed by atoms with Crippen molar-refractivity contribution in [2.75, 3.05) is 0 Å². The van der Waals surface area contributed by atoms with Crippen LogP contribution in [-0.4, -0.2) is 11.7 Å². The van der Waals surface area contributed by atoms with Crippen LogP contribution in [-0.2, 0) is 7.05 Å². The van der Waals surface area contributed by atoms with E-state index < -0.39 is 0 Å². The monoisotopic (exact) mass is 389 g/mol. The molecule has 0 bridgehead atoms. The van der Waals surface area contributed by atoms with Gasteiger partial charge in [-0.1, -0.05) is 36.4 Å². The molecular formula is C22H20ClN5. The summed E-state index contributed by atoms with van der Waals surface area (Å²) in [7, 11) is 2.04. The van der Waals surface area contributed by atoms with E-state index in [0.717, 1.165) is 32.9 Å². The molecule has 0 radical (unpaired) electrons. The highest BCUT2D eigenvalue weighted by atomic mass is 35.5. The fourth-order valence-electron chi connectivity index (χ4n) is 3.59. The van der Waals surface area contributed by atoms with E-state index in [4.69, 9.17) is 22.3 Å². The molecular weight excluding hydrogens is 370 g/mol. The number of nitrogen functional groups attached to an aromatic ring is 2. The van der Waals surface area contributed by atoms with E-state index in [1.165, 1.54) is 0 Å². The number of aryl methyl sites for hydroxylation is 1. The lowest BCUT2D eigenvalue weighted by Crippen LogP contribution is -3.00. The van der Waals surface area contributed by atoms with Crippen LogP contribution in [0.3, 0.4) is 0 Å². The number of rotatable bonds is 3. The lowest BCUT2D eigenvalue weighted by atomic mass is 9.96. The number of hydrogen-bond acceptors (Lipinski definition) is 2. The van der Waals surface area contributed by atoms with Crippen LogP contribution < -0.4 is 28.4 Å². The van der Waals surface area contributed by atoms with Gasteiger partial charge in [0, 0.05) is 28.1 Å². The zero-order valence-electron chi connectivity index (χ0n) is 15.3. The summed E-state index contributed by atoms with van der Waals surface area (Å²) in [4.78, 5) is 0. The van der Waals surface area contributed by atoms with Crippen LogP contribution in [0.15, 0.2) is 66.7 Å². The van der Waals surface area contributed by atoms with Gasteiger partial charge in [-0.3, -0.25) is 10.8 Å². The third-order valence-electron chi connectivity index (χ3n) is 4.95. The van der Waals surface area contributed by atoms with E-state index in [-0.39, 0.29) is 24.1 Å². The molecule has 0 aliphatic heterocycles. The highest BCUT2D eigenvalue weighted by Crippen LogP contribution is 2.31. The molecule has 0 spiro atoms. The van der Waals surface area contributed by atoms with Crippen molar-refractivity contribution < 1.29 is 17.0 Å². The van der Waals surface area contributed by atoms with Gasteiger partial charge in [-0.15, -0.1) is 0 Å². The van der Waals surface area contributed by atoms with Crippen LogP contribution in [0.25, 0.3) is 32.9 Å². The summed E-state index contributed by atoms with van der Waals surface area (Å²) in [5.74, 6) is 0.0961. The second-order valence-corrected chi connectivity index (χ2v) is 6.59. The van der Waals surface area contributed by atoms with Gasteiger partial charge in [0.15, 0.2) is 0 Å². The van der Waals surface area contributed by atoms with E-state index in [1.807, 2.05) is 61.6 Å². The van der Waals surface area contributed by atoms with E-state index >= 15 is 0 Å². The number of nitrogens with one attached hydrogen (secondary N) is 2. The summed E-state index contributed by atoms with van der Waals surface area (Å²) in [6.45, 7) is 0. The first-order valence-corrected chi connectivity index (χ1v) is 8.61. The van der Waals surface area contributed by atoms with Crippen molar-refractivity contribution in [3.8, 4) is 11.3 Å². The van der Waals surface area contributed by atoms with Crippen molar-refractivity contribution in [2.24, 2.45) is 18.5 Å². The summed E-state index contributed by atoms with van der Waals surface area (Å²) in [5.41, 5.74) is 15.9. The number of fused-ring (bicyclic) bond motifs is 3. The SMILES string of the molecule is C[n+]1c(-c2ccc(C(=N)N)cc2)c2cc(C(=N)N)ccc2c2ccccc21.[Cl-]. The van der Waals surface area contributed by atoms with Crippen LogP contribution in [0.1, 0.15) is 11.1 Å². The van der Waals surface area contributed by atoms with E-state index in [2.05, 4.69) is 16.7 Å². The standard InChI is InChI=1S/C22H20N5.ClH/c1-27-19-5-3-2-4-17(19)16-11-10-15(22(25)26)12-18(16)20(27)13-6-8-14(9-7-13)21(23)24;/h2-12H,1H3,(H3,23,24)(H3,25,26);1H/q+1;/p-1. The Morgan fingerprint density at radius 1 is 0.750 bits per heavy atom. The zero-order valence-corrected chi connectivity index (χ0v) is 16.1. The molecule has 0 amide bonds. The summed E-state index contributed by atoms with van der Waals surface area (Å²) in [6.07, 6.45) is 0. The molecule has 6 heteroatoms. The van der Waals surface area contributed by atoms with Gasteiger partial charge in [-0.05, 0) is 24.3 Å². The fourth-order valence-corrected chi connectivity index (χ4v) is 3.59. The van der Waals surface area contributed by atoms with Crippen LogP contribution in [0.4, 0.5) is 0 Å². The highest BCUT2D eigenvalue weighted by Gasteiger charge is 2.21. The van der Waals surface area contributed by atoms with Crippen LogP contribution >= 0.6 is 0 Å². The number of nitrogens with zero attached hydrogens (tertiary/aromatic N) is 1. The Morgan fingerprint density at radius 3 is 2.00 bits per heavy atom. The predicted octanol–water partition coefficient (Wildman–Crippen LogP) is 0.0566. The maximum Gasteiger partial charge on any atom is 0.220 e. The second-order valence-electron chi connectivity index (χ2n) is 6.59. The number of para-hydroxylation sites is 1. The molecule has 0 saturated carbocycles. The minimum atomic E-state index is 0. The van der Waals surface area contributed by atoms with Gasteiger partial charge in [-0.25, -0.2) is 0 Å². The minimum absolute atomic E-state index is 0. The van der Waals surface area contributed by atoms with Crippen molar-refractivity contribution in [3.63, 3.8) is 0 Å². The average Bonchev–Trinajstić information content (AvgIpc) is 2.68. The molecule has 3 aromatic carbocycles. The first-order valence-electron chi connectivity index (χ1n) is 8.61. The van der Waals surface area contributed by atoms with Gasteiger partial charge >= 0.3 is 0 Å². The predicted molar refractivity (Wildman–Crippen MR) is 110 cm³/mol. The maximum absolute atomic E-state index is 7.81. The minimum Gasteiger partial charge on any atom is -1.00 e. The van der Waals surface area contributed by atoms with Gasteiger partial charge < -0.3 is 23.9 Å². The van der Waals surface area contributed by atoms with E-state index in [0.29, 0.717) is 11.1 Å². The number of halogens is 1. The van der Waals surface area contributed by atoms with Crippen molar-refractivity contribution >= 4 is 33.3 Å². The molecule has 0 atom stereocenters. The smallest absolute Gasteiger partial charge is 0.220 e. The summed E-state index contributed by atoms with van der Waals surface area (Å²) >= 11 is 0. The third kappa shape index (κ3) is 3.06. The normalized spacial score (nSPS) is 10.6. The molecule has 140 valence electrons. The Hall–Kier alpha value is -3.44. The Morgan fingerprint density at radius 2 is 1.36 bits per heavy atom.